The molecule has 4 aromatic heterocycles. The lowest BCUT2D eigenvalue weighted by molar-refractivity contribution is 0.528. The molecule has 1 aliphatic heterocycles. The normalized spacial score (nSPS) is 16.9. The lowest BCUT2D eigenvalue weighted by Gasteiger charge is -2.27. The number of hydrogen-bond acceptors (Lipinski definition) is 8. The standard InChI is InChI=1S/C25H29N9/c1-2-6-19(5-1)34-17-30-22-23(31-25(32-24(22)34)33-13-11-26-12-14-33)29-16-18-8-9-21(28-15-18)20-7-3-4-10-27-20/h3-4,7-10,15,17,19,26H,1-2,5-6,11-14,16H2,(H,29,31,32). The molecule has 0 radical (unpaired) electrons. The Bertz CT molecular complexity index is 1240. The van der Waals surface area contributed by atoms with Gasteiger partial charge in [-0.15, -0.1) is 0 Å². The number of nitrogens with zero attached hydrogens (tertiary/aromatic N) is 7. The van der Waals surface area contributed by atoms with Gasteiger partial charge in [-0.05, 0) is 36.6 Å². The Balaban J connectivity index is 1.28. The average Bonchev–Trinajstić information content (AvgIpc) is 3.59. The van der Waals surface area contributed by atoms with Crippen LogP contribution in [-0.2, 0) is 6.54 Å². The van der Waals surface area contributed by atoms with Crippen LogP contribution in [0.5, 0.6) is 0 Å². The maximum Gasteiger partial charge on any atom is 0.229 e. The largest absolute Gasteiger partial charge is 0.364 e. The first kappa shape index (κ1) is 21.0. The molecule has 9 heteroatoms. The highest BCUT2D eigenvalue weighted by molar-refractivity contribution is 5.84. The number of piperazine rings is 1. The van der Waals surface area contributed by atoms with Crippen molar-refractivity contribution in [1.29, 1.82) is 0 Å². The number of hydrogen-bond donors (Lipinski definition) is 2. The Morgan fingerprint density at radius 3 is 2.56 bits per heavy atom. The lowest BCUT2D eigenvalue weighted by Crippen LogP contribution is -2.44. The van der Waals surface area contributed by atoms with Crippen LogP contribution in [0.1, 0.15) is 37.3 Å². The minimum Gasteiger partial charge on any atom is -0.364 e. The van der Waals surface area contributed by atoms with E-state index in [0.29, 0.717) is 12.6 Å². The summed E-state index contributed by atoms with van der Waals surface area (Å²) in [7, 11) is 0. The summed E-state index contributed by atoms with van der Waals surface area (Å²) in [5, 5.41) is 6.93. The van der Waals surface area contributed by atoms with Crippen LogP contribution in [0.15, 0.2) is 49.1 Å². The number of imidazole rings is 1. The predicted molar refractivity (Wildman–Crippen MR) is 133 cm³/mol. The number of nitrogens with one attached hydrogen (secondary N) is 2. The Morgan fingerprint density at radius 2 is 1.79 bits per heavy atom. The van der Waals surface area contributed by atoms with Crippen LogP contribution >= 0.6 is 0 Å². The van der Waals surface area contributed by atoms with E-state index in [1.807, 2.05) is 36.8 Å². The topological polar surface area (TPSA) is 96.7 Å². The second-order valence-electron chi connectivity index (χ2n) is 8.99. The molecule has 0 bridgehead atoms. The zero-order chi connectivity index (χ0) is 22.7. The van der Waals surface area contributed by atoms with Crippen molar-refractivity contribution in [2.24, 2.45) is 0 Å². The molecule has 0 aromatic carbocycles. The number of fused-ring (bicyclic) bond motifs is 1. The Labute approximate surface area is 198 Å². The van der Waals surface area contributed by atoms with Crippen molar-refractivity contribution in [2.75, 3.05) is 36.4 Å². The molecule has 2 fully saturated rings. The van der Waals surface area contributed by atoms with Gasteiger partial charge in [-0.1, -0.05) is 25.0 Å². The van der Waals surface area contributed by atoms with Crippen molar-refractivity contribution in [2.45, 2.75) is 38.3 Å². The van der Waals surface area contributed by atoms with Gasteiger partial charge in [-0.25, -0.2) is 4.98 Å². The van der Waals surface area contributed by atoms with Gasteiger partial charge in [0, 0.05) is 51.2 Å². The van der Waals surface area contributed by atoms with E-state index < -0.39 is 0 Å². The molecule has 2 N–H and O–H groups in total. The lowest BCUT2D eigenvalue weighted by atomic mass is 10.2. The number of aromatic nitrogens is 6. The Morgan fingerprint density at radius 1 is 0.941 bits per heavy atom. The molecule has 1 saturated heterocycles. The number of anilines is 2. The van der Waals surface area contributed by atoms with E-state index in [0.717, 1.165) is 66.1 Å². The van der Waals surface area contributed by atoms with Gasteiger partial charge in [0.1, 0.15) is 0 Å². The van der Waals surface area contributed by atoms with Gasteiger partial charge in [0.25, 0.3) is 0 Å². The molecular formula is C25H29N9. The highest BCUT2D eigenvalue weighted by Crippen LogP contribution is 2.33. The van der Waals surface area contributed by atoms with Crippen molar-refractivity contribution in [1.82, 2.24) is 34.8 Å². The average molecular weight is 456 g/mol. The van der Waals surface area contributed by atoms with E-state index >= 15 is 0 Å². The molecule has 0 atom stereocenters. The van der Waals surface area contributed by atoms with Crippen molar-refractivity contribution in [3.63, 3.8) is 0 Å². The molecule has 0 unspecified atom stereocenters. The Hall–Kier alpha value is -3.59. The van der Waals surface area contributed by atoms with Crippen LogP contribution < -0.4 is 15.5 Å². The zero-order valence-corrected chi connectivity index (χ0v) is 19.2. The molecule has 9 nitrogen and oxygen atoms in total. The summed E-state index contributed by atoms with van der Waals surface area (Å²) in [6.45, 7) is 4.31. The van der Waals surface area contributed by atoms with Crippen LogP contribution in [0.2, 0.25) is 0 Å². The van der Waals surface area contributed by atoms with Gasteiger partial charge < -0.3 is 20.1 Å². The molecule has 1 aliphatic carbocycles. The van der Waals surface area contributed by atoms with Gasteiger partial charge >= 0.3 is 0 Å². The third-order valence-corrected chi connectivity index (χ3v) is 6.74. The fourth-order valence-corrected chi connectivity index (χ4v) is 4.86. The maximum atomic E-state index is 4.99. The van der Waals surface area contributed by atoms with Crippen LogP contribution in [0.4, 0.5) is 11.8 Å². The van der Waals surface area contributed by atoms with Gasteiger partial charge in [0.15, 0.2) is 17.0 Å². The molecule has 1 saturated carbocycles. The summed E-state index contributed by atoms with van der Waals surface area (Å²) < 4.78 is 2.27. The first-order valence-electron chi connectivity index (χ1n) is 12.2. The van der Waals surface area contributed by atoms with E-state index in [9.17, 15) is 0 Å². The maximum absolute atomic E-state index is 4.99. The minimum absolute atomic E-state index is 0.479. The number of rotatable bonds is 6. The molecule has 174 valence electrons. The quantitative estimate of drug-likeness (QED) is 0.457. The molecule has 34 heavy (non-hydrogen) atoms. The van der Waals surface area contributed by atoms with Crippen molar-refractivity contribution in [3.8, 4) is 11.4 Å². The van der Waals surface area contributed by atoms with Crippen molar-refractivity contribution in [3.05, 3.63) is 54.6 Å². The third-order valence-electron chi connectivity index (χ3n) is 6.74. The SMILES string of the molecule is c1ccc(-c2ccc(CNc3nc(N4CCNCC4)nc4c3ncn4C3CCCC3)cn2)nc1. The second kappa shape index (κ2) is 9.34. The summed E-state index contributed by atoms with van der Waals surface area (Å²) in [4.78, 5) is 25.9. The first-order valence-corrected chi connectivity index (χ1v) is 12.2. The smallest absolute Gasteiger partial charge is 0.229 e. The second-order valence-corrected chi connectivity index (χ2v) is 8.99. The number of pyridine rings is 2. The van der Waals surface area contributed by atoms with Crippen LogP contribution in [0, 0.1) is 0 Å². The molecular weight excluding hydrogens is 426 g/mol. The highest BCUT2D eigenvalue weighted by Gasteiger charge is 2.23. The monoisotopic (exact) mass is 455 g/mol. The van der Waals surface area contributed by atoms with E-state index in [4.69, 9.17) is 15.0 Å². The molecule has 0 amide bonds. The summed E-state index contributed by atoms with van der Waals surface area (Å²) >= 11 is 0. The molecule has 0 spiro atoms. The van der Waals surface area contributed by atoms with E-state index in [-0.39, 0.29) is 0 Å². The molecule has 2 aliphatic rings. The van der Waals surface area contributed by atoms with Crippen LogP contribution in [-0.4, -0.2) is 55.7 Å². The van der Waals surface area contributed by atoms with Gasteiger partial charge in [-0.2, -0.15) is 9.97 Å². The fourth-order valence-electron chi connectivity index (χ4n) is 4.86. The van der Waals surface area contributed by atoms with E-state index in [1.165, 1.54) is 25.7 Å². The van der Waals surface area contributed by atoms with E-state index in [2.05, 4.69) is 36.1 Å². The zero-order valence-electron chi connectivity index (χ0n) is 19.2. The summed E-state index contributed by atoms with van der Waals surface area (Å²) in [5.74, 6) is 1.56. The summed E-state index contributed by atoms with van der Waals surface area (Å²) in [5.41, 5.74) is 4.58. The van der Waals surface area contributed by atoms with Crippen molar-refractivity contribution >= 4 is 22.9 Å². The van der Waals surface area contributed by atoms with Gasteiger partial charge in [0.05, 0.1) is 17.7 Å². The third kappa shape index (κ3) is 4.19. The van der Waals surface area contributed by atoms with E-state index in [1.54, 1.807) is 6.20 Å². The molecule has 4 aromatic rings. The van der Waals surface area contributed by atoms with Crippen LogP contribution in [0.25, 0.3) is 22.6 Å². The minimum atomic E-state index is 0.479. The fraction of sp³-hybridized carbons (Fsp3) is 0.400. The van der Waals surface area contributed by atoms with Crippen LogP contribution in [0.3, 0.4) is 0 Å². The molecule has 6 rings (SSSR count). The Kier molecular flexibility index (Phi) is 5.76. The van der Waals surface area contributed by atoms with Gasteiger partial charge in [-0.3, -0.25) is 9.97 Å². The predicted octanol–water partition coefficient (Wildman–Crippen LogP) is 3.42. The molecule has 5 heterocycles. The summed E-state index contributed by atoms with van der Waals surface area (Å²) in [6.07, 6.45) is 10.5. The first-order chi connectivity index (χ1) is 16.8. The highest BCUT2D eigenvalue weighted by atomic mass is 15.3. The summed E-state index contributed by atoms with van der Waals surface area (Å²) in [6, 6.07) is 10.4. The van der Waals surface area contributed by atoms with Crippen molar-refractivity contribution < 1.29 is 0 Å². The van der Waals surface area contributed by atoms with Gasteiger partial charge in [0.2, 0.25) is 5.95 Å².